The van der Waals surface area contributed by atoms with Crippen LogP contribution < -0.4 is 5.32 Å². The summed E-state index contributed by atoms with van der Waals surface area (Å²) in [6.07, 6.45) is 0.632. The number of hydrogen-bond donors (Lipinski definition) is 1. The van der Waals surface area contributed by atoms with Gasteiger partial charge in [-0.25, -0.2) is 18.7 Å². The van der Waals surface area contributed by atoms with Gasteiger partial charge in [-0.3, -0.25) is 0 Å². The smallest absolute Gasteiger partial charge is 0.297 e. The average molecular weight is 385 g/mol. The number of aryl methyl sites for hydroxylation is 1. The van der Waals surface area contributed by atoms with Crippen molar-refractivity contribution in [3.8, 4) is 0 Å². The molecule has 7 nitrogen and oxygen atoms in total. The van der Waals surface area contributed by atoms with Crippen LogP contribution in [0.2, 0.25) is 5.15 Å². The van der Waals surface area contributed by atoms with Crippen molar-refractivity contribution in [2.45, 2.75) is 44.8 Å². The molecular weight excluding hydrogens is 366 g/mol. The predicted octanol–water partition coefficient (Wildman–Crippen LogP) is 3.19. The molecule has 2 unspecified atom stereocenters. The van der Waals surface area contributed by atoms with Gasteiger partial charge in [0.15, 0.2) is 11.6 Å². The second-order valence-corrected chi connectivity index (χ2v) is 6.99. The molecule has 4 heterocycles. The molecule has 2 atom stereocenters. The summed E-state index contributed by atoms with van der Waals surface area (Å²) in [5, 5.41) is 11.1. The minimum atomic E-state index is -2.61. The molecule has 26 heavy (non-hydrogen) atoms. The van der Waals surface area contributed by atoms with Crippen LogP contribution in [0, 0.1) is 5.92 Å². The molecule has 140 valence electrons. The van der Waals surface area contributed by atoms with Gasteiger partial charge in [-0.1, -0.05) is 11.6 Å². The molecule has 2 aromatic heterocycles. The fourth-order valence-electron chi connectivity index (χ4n) is 3.44. The van der Waals surface area contributed by atoms with E-state index in [1.54, 1.807) is 6.07 Å². The molecule has 2 aliphatic heterocycles. The second kappa shape index (κ2) is 7.40. The number of fused-ring (bicyclic) bond motifs is 1. The van der Waals surface area contributed by atoms with Crippen LogP contribution in [0.5, 0.6) is 0 Å². The highest BCUT2D eigenvalue weighted by atomic mass is 35.5. The number of nitrogens with one attached hydrogen (secondary N) is 1. The molecule has 4 rings (SSSR count). The van der Waals surface area contributed by atoms with E-state index in [1.807, 2.05) is 0 Å². The Balaban J connectivity index is 1.42. The summed E-state index contributed by atoms with van der Waals surface area (Å²) >= 11 is 6.11. The van der Waals surface area contributed by atoms with Crippen molar-refractivity contribution < 1.29 is 13.5 Å². The molecule has 0 bridgehead atoms. The van der Waals surface area contributed by atoms with Crippen LogP contribution in [-0.2, 0) is 17.7 Å². The molecule has 0 radical (unpaired) electrons. The van der Waals surface area contributed by atoms with E-state index in [0.717, 1.165) is 19.3 Å². The molecule has 0 saturated carbocycles. The predicted molar refractivity (Wildman–Crippen MR) is 90.2 cm³/mol. The van der Waals surface area contributed by atoms with E-state index >= 15 is 0 Å². The second-order valence-electron chi connectivity index (χ2n) is 6.61. The van der Waals surface area contributed by atoms with Crippen LogP contribution in [-0.4, -0.2) is 37.9 Å². The van der Waals surface area contributed by atoms with Gasteiger partial charge < -0.3 is 14.6 Å². The van der Waals surface area contributed by atoms with Crippen molar-refractivity contribution in [1.29, 1.82) is 0 Å². The van der Waals surface area contributed by atoms with Gasteiger partial charge in [0.05, 0.1) is 0 Å². The number of anilines is 1. The lowest BCUT2D eigenvalue weighted by molar-refractivity contribution is 0.105. The van der Waals surface area contributed by atoms with Crippen LogP contribution in [0.1, 0.15) is 49.3 Å². The Hall–Kier alpha value is -1.87. The Morgan fingerprint density at radius 2 is 2.19 bits per heavy atom. The largest absolute Gasteiger partial charge is 0.370 e. The minimum absolute atomic E-state index is 0.114. The first-order valence-corrected chi connectivity index (χ1v) is 9.08. The summed E-state index contributed by atoms with van der Waals surface area (Å²) in [4.78, 5) is 8.75. The number of nitrogens with zero attached hydrogens (tertiary/aromatic N) is 5. The average Bonchev–Trinajstić information content (AvgIpc) is 3.28. The lowest BCUT2D eigenvalue weighted by atomic mass is 9.99. The van der Waals surface area contributed by atoms with E-state index in [4.69, 9.17) is 16.3 Å². The topological polar surface area (TPSA) is 77.8 Å². The number of ether oxygens (including phenoxy) is 1. The molecule has 0 aliphatic carbocycles. The zero-order chi connectivity index (χ0) is 18.1. The highest BCUT2D eigenvalue weighted by molar-refractivity contribution is 6.29. The zero-order valence-electron chi connectivity index (χ0n) is 14.0. The van der Waals surface area contributed by atoms with Gasteiger partial charge in [0.25, 0.3) is 6.43 Å². The number of aromatic nitrogens is 5. The minimum Gasteiger partial charge on any atom is -0.370 e. The molecule has 0 aromatic carbocycles. The van der Waals surface area contributed by atoms with E-state index in [0.29, 0.717) is 48.7 Å². The van der Waals surface area contributed by atoms with Crippen molar-refractivity contribution in [3.05, 3.63) is 28.7 Å². The summed E-state index contributed by atoms with van der Waals surface area (Å²) in [6, 6.07) is 1.66. The summed E-state index contributed by atoms with van der Waals surface area (Å²) in [5.74, 6) is 1.76. The van der Waals surface area contributed by atoms with Crippen molar-refractivity contribution in [2.75, 3.05) is 18.5 Å². The van der Waals surface area contributed by atoms with Crippen LogP contribution in [0.15, 0.2) is 6.07 Å². The fourth-order valence-corrected chi connectivity index (χ4v) is 3.63. The monoisotopic (exact) mass is 384 g/mol. The first kappa shape index (κ1) is 17.5. The lowest BCUT2D eigenvalue weighted by Crippen LogP contribution is -2.27. The number of halogens is 3. The highest BCUT2D eigenvalue weighted by Crippen LogP contribution is 2.28. The van der Waals surface area contributed by atoms with Gasteiger partial charge >= 0.3 is 0 Å². The fraction of sp³-hybridized carbons (Fsp3) is 0.625. The third kappa shape index (κ3) is 3.64. The number of alkyl halides is 2. The number of rotatable bonds is 5. The van der Waals surface area contributed by atoms with Crippen molar-refractivity contribution in [2.24, 2.45) is 5.92 Å². The molecule has 1 fully saturated rings. The third-order valence-electron chi connectivity index (χ3n) is 4.77. The summed E-state index contributed by atoms with van der Waals surface area (Å²) in [5.41, 5.74) is 0. The summed E-state index contributed by atoms with van der Waals surface area (Å²) in [6.45, 7) is 1.77. The highest BCUT2D eigenvalue weighted by Gasteiger charge is 2.27. The lowest BCUT2D eigenvalue weighted by Gasteiger charge is -2.24. The van der Waals surface area contributed by atoms with E-state index < -0.39 is 6.43 Å². The van der Waals surface area contributed by atoms with Crippen LogP contribution >= 0.6 is 11.6 Å². The maximum absolute atomic E-state index is 13.0. The Morgan fingerprint density at radius 3 is 2.96 bits per heavy atom. The first-order chi connectivity index (χ1) is 12.6. The summed E-state index contributed by atoms with van der Waals surface area (Å²) < 4.78 is 33.2. The van der Waals surface area contributed by atoms with Crippen LogP contribution in [0.4, 0.5) is 14.6 Å². The Morgan fingerprint density at radius 1 is 1.31 bits per heavy atom. The van der Waals surface area contributed by atoms with Gasteiger partial charge in [-0.2, -0.15) is 0 Å². The molecule has 2 aromatic rings. The molecule has 0 amide bonds. The third-order valence-corrected chi connectivity index (χ3v) is 4.96. The van der Waals surface area contributed by atoms with E-state index in [2.05, 4.69) is 25.5 Å². The Kier molecular flexibility index (Phi) is 4.99. The summed E-state index contributed by atoms with van der Waals surface area (Å²) in [7, 11) is 0. The Bertz CT molecular complexity index is 780. The standard InChI is InChI=1S/C16H19ClF2N6O/c17-11-6-12(22-15(21-11)10-2-1-5-26-10)20-7-9-3-4-13-23-24-16(14(18)19)25(13)8-9/h6,9-10,14H,1-5,7-8H2,(H,20,21,22). The van der Waals surface area contributed by atoms with Gasteiger partial charge in [-0.05, 0) is 25.2 Å². The molecule has 10 heteroatoms. The van der Waals surface area contributed by atoms with E-state index in [1.165, 1.54) is 4.57 Å². The first-order valence-electron chi connectivity index (χ1n) is 8.70. The maximum Gasteiger partial charge on any atom is 0.297 e. The zero-order valence-corrected chi connectivity index (χ0v) is 14.8. The van der Waals surface area contributed by atoms with Gasteiger partial charge in [0.2, 0.25) is 0 Å². The van der Waals surface area contributed by atoms with Crippen molar-refractivity contribution >= 4 is 17.4 Å². The van der Waals surface area contributed by atoms with E-state index in [9.17, 15) is 8.78 Å². The SMILES string of the molecule is FC(F)c1nnc2n1CC(CNc1cc(Cl)nc(C3CCCO3)n1)CC2. The maximum atomic E-state index is 13.0. The van der Waals surface area contributed by atoms with Gasteiger partial charge in [0.1, 0.15) is 22.9 Å². The van der Waals surface area contributed by atoms with Crippen LogP contribution in [0.3, 0.4) is 0 Å². The number of hydrogen-bond acceptors (Lipinski definition) is 6. The van der Waals surface area contributed by atoms with Crippen molar-refractivity contribution in [3.63, 3.8) is 0 Å². The van der Waals surface area contributed by atoms with Crippen molar-refractivity contribution in [1.82, 2.24) is 24.7 Å². The quantitative estimate of drug-likeness (QED) is 0.798. The molecular formula is C16H19ClF2N6O. The molecule has 2 aliphatic rings. The normalized spacial score (nSPS) is 22.6. The Labute approximate surface area is 154 Å². The van der Waals surface area contributed by atoms with Gasteiger partial charge in [-0.15, -0.1) is 10.2 Å². The molecule has 0 spiro atoms. The van der Waals surface area contributed by atoms with Crippen LogP contribution in [0.25, 0.3) is 0 Å². The van der Waals surface area contributed by atoms with E-state index in [-0.39, 0.29) is 17.8 Å². The van der Waals surface area contributed by atoms with Gasteiger partial charge in [0, 0.05) is 32.2 Å². The molecule has 1 N–H and O–H groups in total. The molecule has 1 saturated heterocycles.